The molecule has 0 heterocycles. The van der Waals surface area contributed by atoms with Crippen molar-refractivity contribution in [2.75, 3.05) is 7.11 Å². The molecule has 0 saturated heterocycles. The minimum absolute atomic E-state index is 0.0789. The van der Waals surface area contributed by atoms with Crippen molar-refractivity contribution in [3.63, 3.8) is 0 Å². The van der Waals surface area contributed by atoms with E-state index in [4.69, 9.17) is 4.74 Å². The van der Waals surface area contributed by atoms with Gasteiger partial charge >= 0.3 is 11.9 Å². The van der Waals surface area contributed by atoms with Crippen molar-refractivity contribution in [3.05, 3.63) is 72.3 Å². The number of rotatable bonds is 5. The van der Waals surface area contributed by atoms with Crippen LogP contribution in [0.25, 0.3) is 11.1 Å². The summed E-state index contributed by atoms with van der Waals surface area (Å²) in [6.07, 6.45) is -0.857. The molecule has 1 atom stereocenters. The van der Waals surface area contributed by atoms with Crippen LogP contribution >= 0.6 is 0 Å². The first-order valence-corrected chi connectivity index (χ1v) is 7.12. The lowest BCUT2D eigenvalue weighted by atomic mass is 9.98. The Morgan fingerprint density at radius 3 is 2.04 bits per heavy atom. The fraction of sp³-hybridized carbons (Fsp3) is 0.158. The van der Waals surface area contributed by atoms with Gasteiger partial charge in [-0.25, -0.2) is 4.79 Å². The third kappa shape index (κ3) is 4.07. The Morgan fingerprint density at radius 1 is 0.957 bits per heavy atom. The molecular formula is C19H18O4. The first kappa shape index (κ1) is 16.5. The van der Waals surface area contributed by atoms with Gasteiger partial charge in [0, 0.05) is 6.92 Å². The number of ether oxygens (including phenoxy) is 2. The topological polar surface area (TPSA) is 52.6 Å². The molecule has 0 N–H and O–H groups in total. The predicted octanol–water partition coefficient (Wildman–Crippen LogP) is 3.69. The van der Waals surface area contributed by atoms with E-state index in [9.17, 15) is 9.59 Å². The number of carbonyl (C=O) groups is 2. The molecule has 0 saturated carbocycles. The normalized spacial score (nSPS) is 11.4. The van der Waals surface area contributed by atoms with Gasteiger partial charge in [-0.15, -0.1) is 0 Å². The Morgan fingerprint density at radius 2 is 1.52 bits per heavy atom. The Kier molecular flexibility index (Phi) is 5.31. The molecule has 2 rings (SSSR count). The van der Waals surface area contributed by atoms with Crippen LogP contribution in [-0.4, -0.2) is 19.0 Å². The molecule has 0 fully saturated rings. The van der Waals surface area contributed by atoms with Crippen LogP contribution in [0.5, 0.6) is 0 Å². The van der Waals surface area contributed by atoms with Crippen LogP contribution in [0.15, 0.2) is 66.7 Å². The summed E-state index contributed by atoms with van der Waals surface area (Å²) >= 11 is 0. The largest absolute Gasteiger partial charge is 0.466 e. The number of esters is 2. The maximum atomic E-state index is 11.7. The zero-order chi connectivity index (χ0) is 16.8. The fourth-order valence-corrected chi connectivity index (χ4v) is 2.23. The van der Waals surface area contributed by atoms with Crippen molar-refractivity contribution in [1.82, 2.24) is 0 Å². The van der Waals surface area contributed by atoms with Gasteiger partial charge in [-0.05, 0) is 16.7 Å². The van der Waals surface area contributed by atoms with E-state index in [1.54, 1.807) is 0 Å². The second kappa shape index (κ2) is 7.40. The molecule has 4 nitrogen and oxygen atoms in total. The molecular weight excluding hydrogens is 292 g/mol. The highest BCUT2D eigenvalue weighted by Gasteiger charge is 2.24. The predicted molar refractivity (Wildman–Crippen MR) is 87.5 cm³/mol. The standard InChI is InChI=1S/C19H18O4/c1-13(19(21)22-3)18(23-14(2)20)17-11-9-16(10-12-17)15-7-5-4-6-8-15/h4-12,18H,1H2,2-3H3. The summed E-state index contributed by atoms with van der Waals surface area (Å²) in [6.45, 7) is 4.97. The van der Waals surface area contributed by atoms with Crippen LogP contribution in [0, 0.1) is 0 Å². The second-order valence-electron chi connectivity index (χ2n) is 4.99. The van der Waals surface area contributed by atoms with Crippen molar-refractivity contribution < 1.29 is 19.1 Å². The van der Waals surface area contributed by atoms with Gasteiger partial charge in [0.2, 0.25) is 0 Å². The molecule has 0 aliphatic carbocycles. The van der Waals surface area contributed by atoms with Crippen LogP contribution in [0.2, 0.25) is 0 Å². The van der Waals surface area contributed by atoms with Crippen molar-refractivity contribution in [2.24, 2.45) is 0 Å². The Labute approximate surface area is 135 Å². The van der Waals surface area contributed by atoms with Crippen LogP contribution in [0.3, 0.4) is 0 Å². The Bertz CT molecular complexity index is 702. The lowest BCUT2D eigenvalue weighted by Crippen LogP contribution is -2.17. The summed E-state index contributed by atoms with van der Waals surface area (Å²) in [5.74, 6) is -1.10. The van der Waals surface area contributed by atoms with Gasteiger partial charge < -0.3 is 9.47 Å². The average molecular weight is 310 g/mol. The highest BCUT2D eigenvalue weighted by atomic mass is 16.6. The summed E-state index contributed by atoms with van der Waals surface area (Å²) in [6, 6.07) is 17.3. The monoisotopic (exact) mass is 310 g/mol. The highest BCUT2D eigenvalue weighted by Crippen LogP contribution is 2.28. The van der Waals surface area contributed by atoms with E-state index < -0.39 is 18.0 Å². The molecule has 2 aromatic carbocycles. The highest BCUT2D eigenvalue weighted by molar-refractivity contribution is 5.89. The average Bonchev–Trinajstić information content (AvgIpc) is 2.59. The number of benzene rings is 2. The SMILES string of the molecule is C=C(C(=O)OC)C(OC(C)=O)c1ccc(-c2ccccc2)cc1. The molecule has 1 unspecified atom stereocenters. The molecule has 0 radical (unpaired) electrons. The number of hydrogen-bond donors (Lipinski definition) is 0. The van der Waals surface area contributed by atoms with E-state index >= 15 is 0 Å². The minimum Gasteiger partial charge on any atom is -0.466 e. The lowest BCUT2D eigenvalue weighted by molar-refractivity contribution is -0.147. The number of carbonyl (C=O) groups excluding carboxylic acids is 2. The smallest absolute Gasteiger partial charge is 0.337 e. The first-order valence-electron chi connectivity index (χ1n) is 7.12. The van der Waals surface area contributed by atoms with E-state index in [2.05, 4.69) is 11.3 Å². The van der Waals surface area contributed by atoms with E-state index in [0.717, 1.165) is 11.1 Å². The summed E-state index contributed by atoms with van der Waals surface area (Å²) in [5.41, 5.74) is 2.85. The molecule has 118 valence electrons. The molecule has 0 aliphatic rings. The third-order valence-electron chi connectivity index (χ3n) is 3.37. The fourth-order valence-electron chi connectivity index (χ4n) is 2.23. The first-order chi connectivity index (χ1) is 11.0. The Hall–Kier alpha value is -2.88. The summed E-state index contributed by atoms with van der Waals surface area (Å²) in [5, 5.41) is 0. The van der Waals surface area contributed by atoms with E-state index in [1.807, 2.05) is 54.6 Å². The van der Waals surface area contributed by atoms with Gasteiger partial charge in [0.1, 0.15) is 0 Å². The zero-order valence-corrected chi connectivity index (χ0v) is 13.1. The number of hydrogen-bond acceptors (Lipinski definition) is 4. The molecule has 0 amide bonds. The maximum absolute atomic E-state index is 11.7. The van der Waals surface area contributed by atoms with E-state index in [-0.39, 0.29) is 5.57 Å². The second-order valence-corrected chi connectivity index (χ2v) is 4.99. The number of methoxy groups -OCH3 is 1. The maximum Gasteiger partial charge on any atom is 0.337 e. The molecule has 0 bridgehead atoms. The molecule has 0 aromatic heterocycles. The van der Waals surface area contributed by atoms with Crippen LogP contribution < -0.4 is 0 Å². The summed E-state index contributed by atoms with van der Waals surface area (Å²) in [4.78, 5) is 23.0. The van der Waals surface area contributed by atoms with Gasteiger partial charge in [0.25, 0.3) is 0 Å². The van der Waals surface area contributed by atoms with Gasteiger partial charge in [-0.2, -0.15) is 0 Å². The van der Waals surface area contributed by atoms with E-state index in [1.165, 1.54) is 14.0 Å². The lowest BCUT2D eigenvalue weighted by Gasteiger charge is -2.18. The van der Waals surface area contributed by atoms with Gasteiger partial charge in [0.05, 0.1) is 12.7 Å². The van der Waals surface area contributed by atoms with Crippen molar-refractivity contribution in [1.29, 1.82) is 0 Å². The third-order valence-corrected chi connectivity index (χ3v) is 3.37. The van der Waals surface area contributed by atoms with Crippen LogP contribution in [0.4, 0.5) is 0 Å². The minimum atomic E-state index is -0.857. The van der Waals surface area contributed by atoms with Crippen LogP contribution in [0.1, 0.15) is 18.6 Å². The molecule has 4 heteroatoms. The molecule has 0 spiro atoms. The van der Waals surface area contributed by atoms with Gasteiger partial charge in [0.15, 0.2) is 6.10 Å². The van der Waals surface area contributed by atoms with Crippen LogP contribution in [-0.2, 0) is 19.1 Å². The van der Waals surface area contributed by atoms with Crippen molar-refractivity contribution in [3.8, 4) is 11.1 Å². The molecule has 23 heavy (non-hydrogen) atoms. The quantitative estimate of drug-likeness (QED) is 0.624. The van der Waals surface area contributed by atoms with E-state index in [0.29, 0.717) is 5.56 Å². The van der Waals surface area contributed by atoms with Gasteiger partial charge in [-0.3, -0.25) is 4.79 Å². The summed E-state index contributed by atoms with van der Waals surface area (Å²) in [7, 11) is 1.26. The summed E-state index contributed by atoms with van der Waals surface area (Å²) < 4.78 is 9.89. The molecule has 0 aliphatic heterocycles. The van der Waals surface area contributed by atoms with Gasteiger partial charge in [-0.1, -0.05) is 61.2 Å². The molecule has 2 aromatic rings. The Balaban J connectivity index is 2.30. The van der Waals surface area contributed by atoms with Crippen molar-refractivity contribution in [2.45, 2.75) is 13.0 Å². The zero-order valence-electron chi connectivity index (χ0n) is 13.1. The van der Waals surface area contributed by atoms with Crippen molar-refractivity contribution >= 4 is 11.9 Å².